The zero-order chi connectivity index (χ0) is 7.11. The number of aliphatic hydroxyl groups excluding tert-OH is 1. The van der Waals surface area contributed by atoms with Crippen molar-refractivity contribution in [2.75, 3.05) is 6.61 Å². The number of aliphatic hydroxyl groups is 1. The Morgan fingerprint density at radius 2 is 2.33 bits per heavy atom. The summed E-state index contributed by atoms with van der Waals surface area (Å²) in [5.74, 6) is 3.17. The lowest BCUT2D eigenvalue weighted by Crippen LogP contribution is -1.94. The lowest BCUT2D eigenvalue weighted by molar-refractivity contribution is 0.274. The van der Waals surface area contributed by atoms with Gasteiger partial charge in [-0.15, -0.1) is 12.3 Å². The lowest BCUT2D eigenvalue weighted by atomic mass is 10.0. The van der Waals surface area contributed by atoms with Crippen LogP contribution in [-0.4, -0.2) is 11.7 Å². The minimum absolute atomic E-state index is 0.287. The molecule has 1 atom stereocenters. The molecule has 1 unspecified atom stereocenters. The van der Waals surface area contributed by atoms with Crippen LogP contribution in [0.25, 0.3) is 0 Å². The van der Waals surface area contributed by atoms with Crippen LogP contribution in [0.4, 0.5) is 0 Å². The van der Waals surface area contributed by atoms with Crippen LogP contribution in [-0.2, 0) is 0 Å². The van der Waals surface area contributed by atoms with Gasteiger partial charge in [0.2, 0.25) is 0 Å². The molecular formula is C8H14O. The van der Waals surface area contributed by atoms with Gasteiger partial charge in [-0.2, -0.15) is 0 Å². The van der Waals surface area contributed by atoms with E-state index in [0.717, 1.165) is 19.3 Å². The van der Waals surface area contributed by atoms with E-state index in [9.17, 15) is 0 Å². The maximum absolute atomic E-state index is 8.43. The first kappa shape index (κ1) is 8.52. The third-order valence-electron chi connectivity index (χ3n) is 1.32. The molecule has 0 aromatic rings. The first-order valence-corrected chi connectivity index (χ1v) is 3.35. The van der Waals surface area contributed by atoms with Gasteiger partial charge in [0.25, 0.3) is 0 Å². The van der Waals surface area contributed by atoms with Gasteiger partial charge in [-0.1, -0.05) is 6.92 Å². The topological polar surface area (TPSA) is 20.2 Å². The molecule has 52 valence electrons. The monoisotopic (exact) mass is 126 g/mol. The first-order valence-electron chi connectivity index (χ1n) is 3.35. The maximum Gasteiger partial charge on any atom is 0.0431 e. The van der Waals surface area contributed by atoms with Crippen LogP contribution in [0.3, 0.4) is 0 Å². The second-order valence-electron chi connectivity index (χ2n) is 2.38. The van der Waals surface area contributed by atoms with Crippen molar-refractivity contribution in [3.63, 3.8) is 0 Å². The van der Waals surface area contributed by atoms with Gasteiger partial charge in [0.05, 0.1) is 0 Å². The normalized spacial score (nSPS) is 12.6. The van der Waals surface area contributed by atoms with Crippen molar-refractivity contribution in [1.29, 1.82) is 0 Å². The quantitative estimate of drug-likeness (QED) is 0.565. The molecule has 0 heterocycles. The molecule has 0 aliphatic heterocycles. The Kier molecular flexibility index (Phi) is 5.35. The predicted molar refractivity (Wildman–Crippen MR) is 38.9 cm³/mol. The largest absolute Gasteiger partial charge is 0.396 e. The van der Waals surface area contributed by atoms with Gasteiger partial charge in [0.15, 0.2) is 0 Å². The van der Waals surface area contributed by atoms with E-state index < -0.39 is 0 Å². The molecule has 0 saturated carbocycles. The second-order valence-corrected chi connectivity index (χ2v) is 2.38. The summed E-state index contributed by atoms with van der Waals surface area (Å²) in [6.45, 7) is 2.39. The van der Waals surface area contributed by atoms with Gasteiger partial charge in [-0.25, -0.2) is 0 Å². The van der Waals surface area contributed by atoms with E-state index >= 15 is 0 Å². The molecule has 9 heavy (non-hydrogen) atoms. The highest BCUT2D eigenvalue weighted by Crippen LogP contribution is 2.07. The zero-order valence-electron chi connectivity index (χ0n) is 5.93. The summed E-state index contributed by atoms with van der Waals surface area (Å²) in [6, 6.07) is 0. The lowest BCUT2D eigenvalue weighted by Gasteiger charge is -2.03. The molecule has 0 spiro atoms. The Bertz CT molecular complexity index is 91.2. The minimum Gasteiger partial charge on any atom is -0.396 e. The van der Waals surface area contributed by atoms with Crippen LogP contribution < -0.4 is 0 Å². The fraction of sp³-hybridized carbons (Fsp3) is 0.750. The van der Waals surface area contributed by atoms with E-state index in [2.05, 4.69) is 12.8 Å². The highest BCUT2D eigenvalue weighted by Gasteiger charge is 1.97. The fourth-order valence-corrected chi connectivity index (χ4v) is 0.743. The summed E-state index contributed by atoms with van der Waals surface area (Å²) in [4.78, 5) is 0. The molecule has 1 N–H and O–H groups in total. The third-order valence-corrected chi connectivity index (χ3v) is 1.32. The number of rotatable bonds is 4. The average molecular weight is 126 g/mol. The van der Waals surface area contributed by atoms with Crippen LogP contribution >= 0.6 is 0 Å². The van der Waals surface area contributed by atoms with Crippen molar-refractivity contribution in [2.24, 2.45) is 5.92 Å². The maximum atomic E-state index is 8.43. The molecule has 0 aliphatic carbocycles. The van der Waals surface area contributed by atoms with E-state index in [0.29, 0.717) is 5.92 Å². The SMILES string of the molecule is C#CCC(C)CCCO. The summed E-state index contributed by atoms with van der Waals surface area (Å²) >= 11 is 0. The Hall–Kier alpha value is -0.480. The minimum atomic E-state index is 0.287. The average Bonchev–Trinajstić information content (AvgIpc) is 1.85. The summed E-state index contributed by atoms with van der Waals surface area (Å²) in [5.41, 5.74) is 0. The third kappa shape index (κ3) is 5.39. The van der Waals surface area contributed by atoms with E-state index in [-0.39, 0.29) is 6.61 Å². The molecule has 1 nitrogen and oxygen atoms in total. The van der Waals surface area contributed by atoms with Crippen molar-refractivity contribution in [1.82, 2.24) is 0 Å². The van der Waals surface area contributed by atoms with Crippen molar-refractivity contribution in [2.45, 2.75) is 26.2 Å². The van der Waals surface area contributed by atoms with E-state index in [1.165, 1.54) is 0 Å². The Morgan fingerprint density at radius 1 is 1.67 bits per heavy atom. The number of terminal acetylenes is 1. The van der Waals surface area contributed by atoms with Crippen LogP contribution in [0.15, 0.2) is 0 Å². The Morgan fingerprint density at radius 3 is 2.78 bits per heavy atom. The molecule has 0 saturated heterocycles. The van der Waals surface area contributed by atoms with E-state index in [1.807, 2.05) is 0 Å². The molecule has 0 aromatic carbocycles. The Balaban J connectivity index is 3.08. The fourth-order valence-electron chi connectivity index (χ4n) is 0.743. The van der Waals surface area contributed by atoms with E-state index in [4.69, 9.17) is 11.5 Å². The Labute approximate surface area is 57.1 Å². The standard InChI is InChI=1S/C8H14O/c1-3-5-8(2)6-4-7-9/h1,8-9H,4-7H2,2H3. The molecule has 0 aliphatic rings. The zero-order valence-corrected chi connectivity index (χ0v) is 5.93. The molecule has 0 fully saturated rings. The van der Waals surface area contributed by atoms with Gasteiger partial charge in [-0.05, 0) is 18.8 Å². The molecule has 0 bridgehead atoms. The first-order chi connectivity index (χ1) is 4.31. The van der Waals surface area contributed by atoms with Crippen LogP contribution in [0.5, 0.6) is 0 Å². The number of hydrogen-bond donors (Lipinski definition) is 1. The highest BCUT2D eigenvalue weighted by atomic mass is 16.2. The van der Waals surface area contributed by atoms with Gasteiger partial charge in [0.1, 0.15) is 0 Å². The van der Waals surface area contributed by atoms with Gasteiger partial charge < -0.3 is 5.11 Å². The number of hydrogen-bond acceptors (Lipinski definition) is 1. The van der Waals surface area contributed by atoms with Crippen LogP contribution in [0, 0.1) is 18.3 Å². The van der Waals surface area contributed by atoms with Crippen molar-refractivity contribution in [3.05, 3.63) is 0 Å². The summed E-state index contributed by atoms with van der Waals surface area (Å²) in [5, 5.41) is 8.43. The second kappa shape index (κ2) is 5.65. The summed E-state index contributed by atoms with van der Waals surface area (Å²) in [6.07, 6.45) is 7.84. The molecule has 0 radical (unpaired) electrons. The van der Waals surface area contributed by atoms with Crippen molar-refractivity contribution in [3.8, 4) is 12.3 Å². The van der Waals surface area contributed by atoms with Gasteiger partial charge >= 0.3 is 0 Å². The van der Waals surface area contributed by atoms with Gasteiger partial charge in [-0.3, -0.25) is 0 Å². The molecule has 0 aromatic heterocycles. The molecule has 0 rings (SSSR count). The summed E-state index contributed by atoms with van der Waals surface area (Å²) in [7, 11) is 0. The van der Waals surface area contributed by atoms with Crippen molar-refractivity contribution >= 4 is 0 Å². The molecular weight excluding hydrogens is 112 g/mol. The summed E-state index contributed by atoms with van der Waals surface area (Å²) < 4.78 is 0. The van der Waals surface area contributed by atoms with Crippen LogP contribution in [0.1, 0.15) is 26.2 Å². The van der Waals surface area contributed by atoms with Gasteiger partial charge in [0, 0.05) is 13.0 Å². The van der Waals surface area contributed by atoms with E-state index in [1.54, 1.807) is 0 Å². The van der Waals surface area contributed by atoms with Crippen LogP contribution in [0.2, 0.25) is 0 Å². The smallest absolute Gasteiger partial charge is 0.0431 e. The molecule has 1 heteroatoms. The highest BCUT2D eigenvalue weighted by molar-refractivity contribution is 4.85. The molecule has 0 amide bonds. The predicted octanol–water partition coefficient (Wildman–Crippen LogP) is 1.42. The van der Waals surface area contributed by atoms with Crippen molar-refractivity contribution < 1.29 is 5.11 Å².